The maximum Gasteiger partial charge on any atom is 0.337 e. The fourth-order valence-electron chi connectivity index (χ4n) is 1.66. The van der Waals surface area contributed by atoms with Gasteiger partial charge < -0.3 is 15.8 Å². The maximum atomic E-state index is 13.7. The predicted octanol–water partition coefficient (Wildman–Crippen LogP) is 2.82. The number of esters is 1. The molecule has 0 aliphatic carbocycles. The lowest BCUT2D eigenvalue weighted by molar-refractivity contribution is 0.0600. The second-order valence-electron chi connectivity index (χ2n) is 4.26. The van der Waals surface area contributed by atoms with E-state index < -0.39 is 17.7 Å². The molecule has 0 saturated heterocycles. The lowest BCUT2D eigenvalue weighted by Gasteiger charge is -2.07. The number of amides is 1. The minimum Gasteiger partial charge on any atom is -0.465 e. The van der Waals surface area contributed by atoms with Gasteiger partial charge in [0.15, 0.2) is 0 Å². The third kappa shape index (κ3) is 3.19. The molecule has 2 aromatic rings. The first kappa shape index (κ1) is 15.0. The molecule has 3 N–H and O–H groups in total. The molecule has 0 spiro atoms. The van der Waals surface area contributed by atoms with E-state index in [1.54, 1.807) is 6.92 Å². The first-order chi connectivity index (χ1) is 9.92. The van der Waals surface area contributed by atoms with Crippen LogP contribution in [0.15, 0.2) is 24.3 Å². The summed E-state index contributed by atoms with van der Waals surface area (Å²) < 4.78 is 18.3. The number of ether oxygens (including phenoxy) is 1. The van der Waals surface area contributed by atoms with E-state index in [0.717, 1.165) is 10.9 Å². The van der Waals surface area contributed by atoms with Crippen LogP contribution in [0.2, 0.25) is 0 Å². The number of halogens is 1. The number of nitrogens with one attached hydrogen (secondary N) is 1. The minimum atomic E-state index is -0.641. The van der Waals surface area contributed by atoms with Crippen LogP contribution in [0.1, 0.15) is 24.9 Å². The van der Waals surface area contributed by atoms with Crippen LogP contribution in [0.5, 0.6) is 0 Å². The summed E-state index contributed by atoms with van der Waals surface area (Å²) >= 11 is 1.21. The van der Waals surface area contributed by atoms with Gasteiger partial charge in [-0.25, -0.2) is 9.18 Å². The number of rotatable bonds is 3. The van der Waals surface area contributed by atoms with Gasteiger partial charge in [0.1, 0.15) is 5.82 Å². The maximum absolute atomic E-state index is 13.7. The zero-order valence-corrected chi connectivity index (χ0v) is 12.2. The normalized spacial score (nSPS) is 10.2. The molecule has 0 unspecified atom stereocenters. The second-order valence-corrected chi connectivity index (χ2v) is 5.52. The van der Waals surface area contributed by atoms with Crippen molar-refractivity contribution in [3.8, 4) is 0 Å². The van der Waals surface area contributed by atoms with Gasteiger partial charge in [0, 0.05) is 10.6 Å². The van der Waals surface area contributed by atoms with Crippen molar-refractivity contribution in [2.45, 2.75) is 6.92 Å². The van der Waals surface area contributed by atoms with Crippen molar-refractivity contribution in [3.05, 3.63) is 45.4 Å². The average molecular weight is 308 g/mol. The Labute approximate surface area is 124 Å². The average Bonchev–Trinajstić information content (AvgIpc) is 2.80. The van der Waals surface area contributed by atoms with Crippen molar-refractivity contribution in [1.82, 2.24) is 0 Å². The Bertz CT molecular complexity index is 693. The number of nitrogen functional groups attached to an aromatic ring is 1. The van der Waals surface area contributed by atoms with Gasteiger partial charge in [-0.3, -0.25) is 4.79 Å². The molecular formula is C14H13FN2O3S. The van der Waals surface area contributed by atoms with E-state index >= 15 is 0 Å². The van der Waals surface area contributed by atoms with Gasteiger partial charge in [0.25, 0.3) is 5.91 Å². The largest absolute Gasteiger partial charge is 0.465 e. The molecule has 1 aromatic heterocycles. The van der Waals surface area contributed by atoms with Gasteiger partial charge in [-0.1, -0.05) is 0 Å². The molecule has 1 heterocycles. The third-order valence-corrected chi connectivity index (χ3v) is 3.88. The third-order valence-electron chi connectivity index (χ3n) is 2.82. The number of carbonyl (C=O) groups is 2. The molecule has 0 atom stereocenters. The Morgan fingerprint density at radius 2 is 2.05 bits per heavy atom. The first-order valence-electron chi connectivity index (χ1n) is 5.97. The zero-order chi connectivity index (χ0) is 15.6. The first-order valence-corrected chi connectivity index (χ1v) is 6.79. The van der Waals surface area contributed by atoms with Gasteiger partial charge in [-0.2, -0.15) is 0 Å². The second kappa shape index (κ2) is 5.92. The number of anilines is 2. The van der Waals surface area contributed by atoms with Gasteiger partial charge in [0.05, 0.1) is 23.2 Å². The molecule has 0 fully saturated rings. The highest BCUT2D eigenvalue weighted by atomic mass is 32.1. The van der Waals surface area contributed by atoms with Gasteiger partial charge in [-0.05, 0) is 31.2 Å². The Morgan fingerprint density at radius 1 is 1.33 bits per heavy atom. The zero-order valence-electron chi connectivity index (χ0n) is 11.4. The SMILES string of the molecule is COC(=O)c1ccc(F)c(NC(=O)c2cc(N)c(C)s2)c1. The molecule has 110 valence electrons. The van der Waals surface area contributed by atoms with Crippen LogP contribution in [0.4, 0.5) is 15.8 Å². The van der Waals surface area contributed by atoms with Crippen LogP contribution < -0.4 is 11.1 Å². The number of nitrogens with two attached hydrogens (primary N) is 1. The van der Waals surface area contributed by atoms with E-state index in [0.29, 0.717) is 10.6 Å². The summed E-state index contributed by atoms with van der Waals surface area (Å²) in [5.74, 6) is -1.74. The van der Waals surface area contributed by atoms with Crippen LogP contribution >= 0.6 is 11.3 Å². The van der Waals surface area contributed by atoms with E-state index in [4.69, 9.17) is 5.73 Å². The summed E-state index contributed by atoms with van der Waals surface area (Å²) in [5.41, 5.74) is 6.25. The molecule has 21 heavy (non-hydrogen) atoms. The highest BCUT2D eigenvalue weighted by Gasteiger charge is 2.15. The summed E-state index contributed by atoms with van der Waals surface area (Å²) in [4.78, 5) is 24.6. The number of aryl methyl sites for hydroxylation is 1. The van der Waals surface area contributed by atoms with Crippen molar-refractivity contribution in [2.24, 2.45) is 0 Å². The van der Waals surface area contributed by atoms with Crippen LogP contribution in [-0.2, 0) is 4.74 Å². The van der Waals surface area contributed by atoms with E-state index in [1.165, 1.54) is 36.6 Å². The number of benzene rings is 1. The van der Waals surface area contributed by atoms with Crippen LogP contribution in [0, 0.1) is 12.7 Å². The van der Waals surface area contributed by atoms with Crippen LogP contribution in [0.3, 0.4) is 0 Å². The topological polar surface area (TPSA) is 81.4 Å². The van der Waals surface area contributed by atoms with Crippen molar-refractivity contribution in [2.75, 3.05) is 18.2 Å². The number of hydrogen-bond acceptors (Lipinski definition) is 5. The minimum absolute atomic E-state index is 0.0903. The standard InChI is InChI=1S/C14H13FN2O3S/c1-7-10(16)6-12(21-7)13(18)17-11-5-8(14(19)20-2)3-4-9(11)15/h3-6H,16H2,1-2H3,(H,17,18). The van der Waals surface area contributed by atoms with Crippen molar-refractivity contribution in [3.63, 3.8) is 0 Å². The molecule has 0 radical (unpaired) electrons. The fraction of sp³-hybridized carbons (Fsp3) is 0.143. The van der Waals surface area contributed by atoms with Gasteiger partial charge >= 0.3 is 5.97 Å². The Morgan fingerprint density at radius 3 is 2.62 bits per heavy atom. The van der Waals surface area contributed by atoms with Crippen LogP contribution in [0.25, 0.3) is 0 Å². The summed E-state index contributed by atoms with van der Waals surface area (Å²) in [6.45, 7) is 1.79. The summed E-state index contributed by atoms with van der Waals surface area (Å²) in [5, 5.41) is 2.42. The molecule has 7 heteroatoms. The van der Waals surface area contributed by atoms with E-state index in [9.17, 15) is 14.0 Å². The van der Waals surface area contributed by atoms with Gasteiger partial charge in [0.2, 0.25) is 0 Å². The quantitative estimate of drug-likeness (QED) is 0.854. The Kier molecular flexibility index (Phi) is 4.23. The molecule has 0 bridgehead atoms. The molecule has 0 saturated carbocycles. The van der Waals surface area contributed by atoms with Crippen molar-refractivity contribution < 1.29 is 18.7 Å². The van der Waals surface area contributed by atoms with E-state index in [-0.39, 0.29) is 11.3 Å². The van der Waals surface area contributed by atoms with Crippen LogP contribution in [-0.4, -0.2) is 19.0 Å². The summed E-state index contributed by atoms with van der Waals surface area (Å²) in [7, 11) is 1.22. The predicted molar refractivity (Wildman–Crippen MR) is 79.2 cm³/mol. The molecule has 0 aliphatic rings. The Hall–Kier alpha value is -2.41. The summed E-state index contributed by atoms with van der Waals surface area (Å²) in [6.07, 6.45) is 0. The molecular weight excluding hydrogens is 295 g/mol. The lowest BCUT2D eigenvalue weighted by atomic mass is 10.2. The van der Waals surface area contributed by atoms with E-state index in [1.807, 2.05) is 0 Å². The number of thiophene rings is 1. The smallest absolute Gasteiger partial charge is 0.337 e. The lowest BCUT2D eigenvalue weighted by Crippen LogP contribution is -2.12. The van der Waals surface area contributed by atoms with E-state index in [2.05, 4.69) is 10.1 Å². The number of hydrogen-bond donors (Lipinski definition) is 2. The Balaban J connectivity index is 2.26. The molecule has 0 aliphatic heterocycles. The highest BCUT2D eigenvalue weighted by molar-refractivity contribution is 7.14. The number of methoxy groups -OCH3 is 1. The number of carbonyl (C=O) groups excluding carboxylic acids is 2. The van der Waals surface area contributed by atoms with Crippen molar-refractivity contribution >= 4 is 34.6 Å². The molecule has 1 amide bonds. The monoisotopic (exact) mass is 308 g/mol. The fourth-order valence-corrected chi connectivity index (χ4v) is 2.49. The van der Waals surface area contributed by atoms with Crippen molar-refractivity contribution in [1.29, 1.82) is 0 Å². The highest BCUT2D eigenvalue weighted by Crippen LogP contribution is 2.25. The molecule has 1 aromatic carbocycles. The molecule has 2 rings (SSSR count). The van der Waals surface area contributed by atoms with Gasteiger partial charge in [-0.15, -0.1) is 11.3 Å². The molecule has 5 nitrogen and oxygen atoms in total. The summed E-state index contributed by atoms with van der Waals surface area (Å²) in [6, 6.07) is 5.13.